The van der Waals surface area contributed by atoms with E-state index in [2.05, 4.69) is 0 Å². The summed E-state index contributed by atoms with van der Waals surface area (Å²) in [6, 6.07) is 20.7. The van der Waals surface area contributed by atoms with Gasteiger partial charge in [0.25, 0.3) is 10.0 Å². The molecule has 3 rings (SSSR count). The van der Waals surface area contributed by atoms with E-state index in [9.17, 15) is 18.0 Å². The first-order valence-corrected chi connectivity index (χ1v) is 11.8. The minimum absolute atomic E-state index is 0.0314. The monoisotopic (exact) mass is 467 g/mol. The quantitative estimate of drug-likeness (QED) is 0.344. The molecule has 7 nitrogen and oxygen atoms in total. The van der Waals surface area contributed by atoms with Crippen LogP contribution in [0.3, 0.4) is 0 Å². The van der Waals surface area contributed by atoms with E-state index in [-0.39, 0.29) is 16.2 Å². The molecule has 33 heavy (non-hydrogen) atoms. The Morgan fingerprint density at radius 3 is 2.21 bits per heavy atom. The van der Waals surface area contributed by atoms with Crippen molar-refractivity contribution < 1.29 is 27.5 Å². The largest absolute Gasteiger partial charge is 0.494 e. The second-order valence-corrected chi connectivity index (χ2v) is 9.17. The number of ether oxygens (including phenoxy) is 2. The third-order valence-electron chi connectivity index (χ3n) is 4.95. The van der Waals surface area contributed by atoms with E-state index in [1.165, 1.54) is 38.2 Å². The number of hydrogen-bond acceptors (Lipinski definition) is 6. The highest BCUT2D eigenvalue weighted by Gasteiger charge is 2.24. The number of anilines is 1. The molecule has 0 unspecified atom stereocenters. The SMILES string of the molecule is CCOc1ccc(C(=O)[C@@H](C)OC(=O)c2cccc(S(=O)(=O)N(C)c3ccccc3)c2)cc1. The molecule has 0 aliphatic rings. The molecule has 0 aliphatic heterocycles. The highest BCUT2D eigenvalue weighted by molar-refractivity contribution is 7.92. The van der Waals surface area contributed by atoms with Crippen LogP contribution in [0, 0.1) is 0 Å². The summed E-state index contributed by atoms with van der Waals surface area (Å²) >= 11 is 0. The Labute approximate surface area is 193 Å². The van der Waals surface area contributed by atoms with E-state index in [0.717, 1.165) is 4.31 Å². The van der Waals surface area contributed by atoms with Gasteiger partial charge in [0.05, 0.1) is 22.8 Å². The number of carbonyl (C=O) groups is 2. The van der Waals surface area contributed by atoms with Crippen molar-refractivity contribution in [3.05, 3.63) is 90.0 Å². The lowest BCUT2D eigenvalue weighted by Crippen LogP contribution is -2.27. The van der Waals surface area contributed by atoms with Gasteiger partial charge in [-0.15, -0.1) is 0 Å². The normalized spacial score (nSPS) is 12.0. The standard InChI is InChI=1S/C25H25NO6S/c1-4-31-22-15-13-19(14-16-22)24(27)18(2)32-25(28)20-9-8-12-23(17-20)33(29,30)26(3)21-10-6-5-7-11-21/h5-18H,4H2,1-3H3/t18-/m1/s1. The van der Waals surface area contributed by atoms with Gasteiger partial charge in [0.15, 0.2) is 6.10 Å². The van der Waals surface area contributed by atoms with E-state index < -0.39 is 22.1 Å². The zero-order chi connectivity index (χ0) is 24.0. The molecule has 0 saturated heterocycles. The van der Waals surface area contributed by atoms with Gasteiger partial charge in [-0.2, -0.15) is 0 Å². The first-order chi connectivity index (χ1) is 15.7. The zero-order valence-corrected chi connectivity index (χ0v) is 19.4. The van der Waals surface area contributed by atoms with Crippen LogP contribution >= 0.6 is 0 Å². The molecule has 0 bridgehead atoms. The van der Waals surface area contributed by atoms with E-state index in [4.69, 9.17) is 9.47 Å². The third-order valence-corrected chi connectivity index (χ3v) is 6.73. The average molecular weight is 468 g/mol. The Morgan fingerprint density at radius 2 is 1.58 bits per heavy atom. The summed E-state index contributed by atoms with van der Waals surface area (Å²) in [6.45, 7) is 3.85. The van der Waals surface area contributed by atoms with Crippen LogP contribution in [0.2, 0.25) is 0 Å². The summed E-state index contributed by atoms with van der Waals surface area (Å²) < 4.78 is 37.8. The Balaban J connectivity index is 1.74. The minimum Gasteiger partial charge on any atom is -0.494 e. The van der Waals surface area contributed by atoms with Crippen molar-refractivity contribution in [3.8, 4) is 5.75 Å². The maximum absolute atomic E-state index is 13.0. The van der Waals surface area contributed by atoms with Crippen molar-refractivity contribution in [3.63, 3.8) is 0 Å². The van der Waals surface area contributed by atoms with Crippen molar-refractivity contribution in [1.29, 1.82) is 0 Å². The molecule has 8 heteroatoms. The van der Waals surface area contributed by atoms with Crippen LogP contribution in [-0.4, -0.2) is 39.9 Å². The van der Waals surface area contributed by atoms with Gasteiger partial charge in [0, 0.05) is 12.6 Å². The summed E-state index contributed by atoms with van der Waals surface area (Å²) in [4.78, 5) is 25.2. The van der Waals surface area contributed by atoms with Gasteiger partial charge in [0.2, 0.25) is 5.78 Å². The molecule has 0 radical (unpaired) electrons. The van der Waals surface area contributed by atoms with Crippen LogP contribution in [0.4, 0.5) is 5.69 Å². The molecule has 3 aromatic rings. The molecule has 172 valence electrons. The van der Waals surface area contributed by atoms with Gasteiger partial charge >= 0.3 is 5.97 Å². The summed E-state index contributed by atoms with van der Waals surface area (Å²) in [5.41, 5.74) is 0.892. The van der Waals surface area contributed by atoms with Crippen molar-refractivity contribution in [2.45, 2.75) is 24.8 Å². The van der Waals surface area contributed by atoms with Crippen LogP contribution in [0.25, 0.3) is 0 Å². The summed E-state index contributed by atoms with van der Waals surface area (Å²) in [5, 5.41) is 0. The molecule has 0 aromatic heterocycles. The number of rotatable bonds is 9. The van der Waals surface area contributed by atoms with E-state index >= 15 is 0 Å². The van der Waals surface area contributed by atoms with Crippen molar-refractivity contribution >= 4 is 27.5 Å². The van der Waals surface area contributed by atoms with Crippen LogP contribution in [0.15, 0.2) is 83.8 Å². The van der Waals surface area contributed by atoms with Gasteiger partial charge < -0.3 is 9.47 Å². The van der Waals surface area contributed by atoms with Crippen molar-refractivity contribution in [2.75, 3.05) is 18.0 Å². The molecular weight excluding hydrogens is 442 g/mol. The minimum atomic E-state index is -3.90. The fourth-order valence-corrected chi connectivity index (χ4v) is 4.36. The van der Waals surface area contributed by atoms with Gasteiger partial charge in [-0.25, -0.2) is 13.2 Å². The number of Topliss-reactive ketones (excluding diaryl/α,β-unsaturated/α-hetero) is 1. The zero-order valence-electron chi connectivity index (χ0n) is 18.6. The number of sulfonamides is 1. The molecular formula is C25H25NO6S. The second-order valence-electron chi connectivity index (χ2n) is 7.21. The number of benzene rings is 3. The number of nitrogens with zero attached hydrogens (tertiary/aromatic N) is 1. The average Bonchev–Trinajstić information content (AvgIpc) is 2.84. The fraction of sp³-hybridized carbons (Fsp3) is 0.200. The Morgan fingerprint density at radius 1 is 0.909 bits per heavy atom. The van der Waals surface area contributed by atoms with Gasteiger partial charge in [-0.05, 0) is 68.4 Å². The van der Waals surface area contributed by atoms with E-state index in [0.29, 0.717) is 23.6 Å². The molecule has 1 atom stereocenters. The molecule has 0 N–H and O–H groups in total. The van der Waals surface area contributed by atoms with Crippen molar-refractivity contribution in [1.82, 2.24) is 0 Å². The molecule has 0 saturated carbocycles. The predicted molar refractivity (Wildman–Crippen MR) is 125 cm³/mol. The predicted octanol–water partition coefficient (Wildman–Crippen LogP) is 4.34. The summed E-state index contributed by atoms with van der Waals surface area (Å²) in [6.07, 6.45) is -1.05. The van der Waals surface area contributed by atoms with Crippen LogP contribution in [0.1, 0.15) is 34.6 Å². The molecule has 3 aromatic carbocycles. The van der Waals surface area contributed by atoms with Gasteiger partial charge in [-0.1, -0.05) is 24.3 Å². The topological polar surface area (TPSA) is 90.0 Å². The molecule has 0 amide bonds. The number of hydrogen-bond donors (Lipinski definition) is 0. The first kappa shape index (κ1) is 24.0. The Kier molecular flexibility index (Phi) is 7.50. The summed E-state index contributed by atoms with van der Waals surface area (Å²) in [5.74, 6) is -0.530. The molecule has 0 aliphatic carbocycles. The highest BCUT2D eigenvalue weighted by Crippen LogP contribution is 2.23. The van der Waals surface area contributed by atoms with E-state index in [1.54, 1.807) is 54.6 Å². The second kappa shape index (κ2) is 10.3. The highest BCUT2D eigenvalue weighted by atomic mass is 32.2. The smallest absolute Gasteiger partial charge is 0.338 e. The Bertz CT molecular complexity index is 1220. The van der Waals surface area contributed by atoms with Gasteiger partial charge in [0.1, 0.15) is 5.75 Å². The Hall–Kier alpha value is -3.65. The maximum Gasteiger partial charge on any atom is 0.338 e. The maximum atomic E-state index is 13.0. The van der Waals surface area contributed by atoms with Crippen LogP contribution < -0.4 is 9.04 Å². The number of carbonyl (C=O) groups excluding carboxylic acids is 2. The molecule has 0 spiro atoms. The third kappa shape index (κ3) is 5.59. The number of para-hydroxylation sites is 1. The lowest BCUT2D eigenvalue weighted by Gasteiger charge is -2.20. The lowest BCUT2D eigenvalue weighted by molar-refractivity contribution is 0.0318. The van der Waals surface area contributed by atoms with Crippen molar-refractivity contribution in [2.24, 2.45) is 0 Å². The van der Waals surface area contributed by atoms with Gasteiger partial charge in [-0.3, -0.25) is 9.10 Å². The lowest BCUT2D eigenvalue weighted by atomic mass is 10.1. The number of ketones is 1. The fourth-order valence-electron chi connectivity index (χ4n) is 3.12. The number of esters is 1. The summed E-state index contributed by atoms with van der Waals surface area (Å²) in [7, 11) is -2.46. The molecule has 0 heterocycles. The first-order valence-electron chi connectivity index (χ1n) is 10.4. The van der Waals surface area contributed by atoms with E-state index in [1.807, 2.05) is 6.92 Å². The van der Waals surface area contributed by atoms with Crippen LogP contribution in [-0.2, 0) is 14.8 Å². The molecule has 0 fully saturated rings. The van der Waals surface area contributed by atoms with Crippen LogP contribution in [0.5, 0.6) is 5.75 Å².